The van der Waals surface area contributed by atoms with Crippen molar-refractivity contribution in [2.24, 2.45) is 0 Å². The van der Waals surface area contributed by atoms with Crippen molar-refractivity contribution in [2.45, 2.75) is 31.4 Å². The van der Waals surface area contributed by atoms with Gasteiger partial charge in [0.05, 0.1) is 18.8 Å². The van der Waals surface area contributed by atoms with Crippen LogP contribution in [0.2, 0.25) is 5.28 Å². The van der Waals surface area contributed by atoms with Gasteiger partial charge in [0.25, 0.3) is 0 Å². The van der Waals surface area contributed by atoms with Crippen molar-refractivity contribution in [1.29, 1.82) is 0 Å². The first kappa shape index (κ1) is 16.7. The summed E-state index contributed by atoms with van der Waals surface area (Å²) < 4.78 is 10.6. The van der Waals surface area contributed by atoms with Crippen molar-refractivity contribution < 1.29 is 24.2 Å². The summed E-state index contributed by atoms with van der Waals surface area (Å²) in [7, 11) is 0. The Labute approximate surface area is 131 Å². The number of carboxylic acid groups (broad SMARTS) is 1. The Morgan fingerprint density at radius 1 is 1.55 bits per heavy atom. The van der Waals surface area contributed by atoms with Gasteiger partial charge in [-0.25, -0.2) is 9.78 Å². The quantitative estimate of drug-likeness (QED) is 0.629. The zero-order valence-electron chi connectivity index (χ0n) is 11.7. The maximum atomic E-state index is 11.9. The number of aromatic amines is 1. The normalized spacial score (nSPS) is 21.5. The Hall–Kier alpha value is -1.71. The van der Waals surface area contributed by atoms with E-state index in [1.54, 1.807) is 0 Å². The van der Waals surface area contributed by atoms with Gasteiger partial charge in [0.2, 0.25) is 11.2 Å². The molecule has 0 aliphatic carbocycles. The molecule has 0 bridgehead atoms. The van der Waals surface area contributed by atoms with Gasteiger partial charge in [-0.2, -0.15) is 0 Å². The van der Waals surface area contributed by atoms with Crippen LogP contribution in [0.3, 0.4) is 0 Å². The van der Waals surface area contributed by atoms with Crippen LogP contribution in [0, 0.1) is 0 Å². The average molecular weight is 333 g/mol. The molecular formula is C12H17ClN4O5. The number of carboxylic acids is 1. The highest BCUT2D eigenvalue weighted by Gasteiger charge is 2.28. The molecule has 3 N–H and O–H groups in total. The second-order valence-corrected chi connectivity index (χ2v) is 5.17. The number of aromatic nitrogens is 3. The number of carbonyl (C=O) groups excluding carboxylic acids is 1. The zero-order valence-corrected chi connectivity index (χ0v) is 12.5. The molecule has 10 heteroatoms. The standard InChI is InChI=1S/C12H17ClN4O5/c13-12-15-9(16-17-12)1-2-10(18)14-7-5-21-4-3-8(7)22-6-11(19)20/h7-8H,1-6H2,(H,14,18)(H,19,20)(H,15,16,17)/t7-,8+/m0/s1. The number of nitrogens with zero attached hydrogens (tertiary/aromatic N) is 2. The minimum atomic E-state index is -1.04. The first-order valence-corrected chi connectivity index (χ1v) is 7.19. The molecular weight excluding hydrogens is 316 g/mol. The van der Waals surface area contributed by atoms with Gasteiger partial charge in [-0.1, -0.05) is 0 Å². The predicted octanol–water partition coefficient (Wildman–Crippen LogP) is -0.234. The van der Waals surface area contributed by atoms with Gasteiger partial charge < -0.3 is 19.9 Å². The molecule has 0 spiro atoms. The minimum absolute atomic E-state index is 0.109. The number of aryl methyl sites for hydroxylation is 1. The molecule has 1 aliphatic rings. The topological polar surface area (TPSA) is 126 Å². The first-order valence-electron chi connectivity index (χ1n) is 6.82. The highest BCUT2D eigenvalue weighted by molar-refractivity contribution is 6.28. The molecule has 1 amide bonds. The third-order valence-corrected chi connectivity index (χ3v) is 3.32. The maximum absolute atomic E-state index is 11.9. The number of hydrogen-bond acceptors (Lipinski definition) is 6. The van der Waals surface area contributed by atoms with Crippen molar-refractivity contribution in [1.82, 2.24) is 20.5 Å². The van der Waals surface area contributed by atoms with E-state index in [0.717, 1.165) is 0 Å². The second kappa shape index (κ2) is 8.06. The summed E-state index contributed by atoms with van der Waals surface area (Å²) in [5.74, 6) is -0.718. The molecule has 2 heterocycles. The molecule has 1 aromatic rings. The molecule has 1 saturated heterocycles. The summed E-state index contributed by atoms with van der Waals surface area (Å²) >= 11 is 5.58. The fourth-order valence-electron chi connectivity index (χ4n) is 2.13. The predicted molar refractivity (Wildman–Crippen MR) is 74.5 cm³/mol. The van der Waals surface area contributed by atoms with Crippen molar-refractivity contribution in [3.63, 3.8) is 0 Å². The van der Waals surface area contributed by atoms with E-state index in [1.165, 1.54) is 0 Å². The van der Waals surface area contributed by atoms with Gasteiger partial charge >= 0.3 is 5.97 Å². The number of ether oxygens (including phenoxy) is 2. The summed E-state index contributed by atoms with van der Waals surface area (Å²) in [6.45, 7) is 0.380. The molecule has 22 heavy (non-hydrogen) atoms. The minimum Gasteiger partial charge on any atom is -0.480 e. The number of rotatable bonds is 7. The SMILES string of the molecule is O=C(O)CO[C@@H]1CCOC[C@@H]1NC(=O)CCc1nc(Cl)n[nH]1. The number of hydrogen-bond donors (Lipinski definition) is 3. The zero-order chi connectivity index (χ0) is 15.9. The fourth-order valence-corrected chi connectivity index (χ4v) is 2.27. The van der Waals surface area contributed by atoms with Crippen LogP contribution in [0.5, 0.6) is 0 Å². The average Bonchev–Trinajstić information content (AvgIpc) is 2.90. The molecule has 9 nitrogen and oxygen atoms in total. The molecule has 0 radical (unpaired) electrons. The van der Waals surface area contributed by atoms with Gasteiger partial charge in [-0.05, 0) is 18.0 Å². The van der Waals surface area contributed by atoms with Crippen LogP contribution in [0.25, 0.3) is 0 Å². The van der Waals surface area contributed by atoms with E-state index < -0.39 is 12.6 Å². The Balaban J connectivity index is 1.78. The molecule has 2 atom stereocenters. The van der Waals surface area contributed by atoms with Crippen molar-refractivity contribution in [3.8, 4) is 0 Å². The van der Waals surface area contributed by atoms with Crippen LogP contribution in [0.4, 0.5) is 0 Å². The highest BCUT2D eigenvalue weighted by Crippen LogP contribution is 2.12. The molecule has 122 valence electrons. The summed E-state index contributed by atoms with van der Waals surface area (Å²) in [6, 6.07) is -0.362. The lowest BCUT2D eigenvalue weighted by atomic mass is 10.1. The largest absolute Gasteiger partial charge is 0.480 e. The van der Waals surface area contributed by atoms with Crippen LogP contribution in [0.1, 0.15) is 18.7 Å². The van der Waals surface area contributed by atoms with Crippen molar-refractivity contribution in [3.05, 3.63) is 11.1 Å². The highest BCUT2D eigenvalue weighted by atomic mass is 35.5. The van der Waals surface area contributed by atoms with E-state index in [0.29, 0.717) is 31.9 Å². The van der Waals surface area contributed by atoms with Gasteiger partial charge in [0.15, 0.2) is 0 Å². The summed E-state index contributed by atoms with van der Waals surface area (Å²) in [5, 5.41) is 17.8. The van der Waals surface area contributed by atoms with Crippen LogP contribution < -0.4 is 5.32 Å². The Morgan fingerprint density at radius 2 is 2.36 bits per heavy atom. The van der Waals surface area contributed by atoms with Crippen LogP contribution >= 0.6 is 11.6 Å². The Bertz CT molecular complexity index is 523. The summed E-state index contributed by atoms with van der Waals surface area (Å²) in [6.07, 6.45) is 0.747. The molecule has 1 fully saturated rings. The molecule has 1 aliphatic heterocycles. The number of carbonyl (C=O) groups is 2. The van der Waals surface area contributed by atoms with E-state index in [9.17, 15) is 9.59 Å². The molecule has 0 unspecified atom stereocenters. The number of amides is 1. The van der Waals surface area contributed by atoms with Crippen molar-refractivity contribution in [2.75, 3.05) is 19.8 Å². The van der Waals surface area contributed by atoms with Crippen molar-refractivity contribution >= 4 is 23.5 Å². The lowest BCUT2D eigenvalue weighted by Gasteiger charge is -2.31. The van der Waals surface area contributed by atoms with E-state index in [-0.39, 0.29) is 29.8 Å². The second-order valence-electron chi connectivity index (χ2n) is 4.83. The van der Waals surface area contributed by atoms with E-state index in [1.807, 2.05) is 0 Å². The third-order valence-electron chi connectivity index (χ3n) is 3.15. The molecule has 1 aromatic heterocycles. The third kappa shape index (κ3) is 5.24. The number of aliphatic carboxylic acids is 1. The van der Waals surface area contributed by atoms with Crippen LogP contribution in [-0.4, -0.2) is 64.1 Å². The molecule has 0 saturated carbocycles. The maximum Gasteiger partial charge on any atom is 0.329 e. The summed E-state index contributed by atoms with van der Waals surface area (Å²) in [4.78, 5) is 26.4. The van der Waals surface area contributed by atoms with Gasteiger partial charge in [0, 0.05) is 19.4 Å². The van der Waals surface area contributed by atoms with Gasteiger partial charge in [0.1, 0.15) is 12.4 Å². The van der Waals surface area contributed by atoms with E-state index >= 15 is 0 Å². The number of nitrogens with one attached hydrogen (secondary N) is 2. The van der Waals surface area contributed by atoms with Gasteiger partial charge in [-0.3, -0.25) is 9.89 Å². The van der Waals surface area contributed by atoms with E-state index in [4.69, 9.17) is 26.2 Å². The monoisotopic (exact) mass is 332 g/mol. The number of halogens is 1. The fraction of sp³-hybridized carbons (Fsp3) is 0.667. The number of H-pyrrole nitrogens is 1. The lowest BCUT2D eigenvalue weighted by Crippen LogP contribution is -2.51. The Kier molecular flexibility index (Phi) is 6.10. The van der Waals surface area contributed by atoms with Crippen LogP contribution in [0.15, 0.2) is 0 Å². The lowest BCUT2D eigenvalue weighted by molar-refractivity contribution is -0.148. The first-order chi connectivity index (χ1) is 10.5. The van der Waals surface area contributed by atoms with Gasteiger partial charge in [-0.15, -0.1) is 5.10 Å². The molecule has 2 rings (SSSR count). The summed E-state index contributed by atoms with van der Waals surface area (Å²) in [5.41, 5.74) is 0. The smallest absolute Gasteiger partial charge is 0.329 e. The van der Waals surface area contributed by atoms with E-state index in [2.05, 4.69) is 20.5 Å². The Morgan fingerprint density at radius 3 is 3.05 bits per heavy atom. The molecule has 0 aromatic carbocycles. The van der Waals surface area contributed by atoms with Crippen LogP contribution in [-0.2, 0) is 25.5 Å².